The normalized spacial score (nSPS) is 14.1. The van der Waals surface area contributed by atoms with Crippen molar-refractivity contribution in [3.05, 3.63) is 52.0 Å². The maximum Gasteiger partial charge on any atom is 0.233 e. The Hall–Kier alpha value is -2.36. The number of carbonyl (C=O) groups is 1. The van der Waals surface area contributed by atoms with Crippen molar-refractivity contribution < 1.29 is 14.6 Å². The zero-order valence-corrected chi connectivity index (χ0v) is 19.7. The Balaban J connectivity index is 1.72. The molecule has 0 saturated carbocycles. The van der Waals surface area contributed by atoms with Gasteiger partial charge in [0.1, 0.15) is 5.75 Å². The molecule has 0 unspecified atom stereocenters. The summed E-state index contributed by atoms with van der Waals surface area (Å²) >= 11 is 4.81. The molecule has 31 heavy (non-hydrogen) atoms. The van der Waals surface area contributed by atoms with Gasteiger partial charge in [0.15, 0.2) is 11.0 Å². The molecule has 2 aromatic carbocycles. The Morgan fingerprint density at radius 2 is 1.94 bits per heavy atom. The van der Waals surface area contributed by atoms with Gasteiger partial charge in [0.25, 0.3) is 0 Å². The van der Waals surface area contributed by atoms with E-state index in [0.717, 1.165) is 21.3 Å². The number of ether oxygens (including phenoxy) is 1. The molecular weight excluding hydrogens is 480 g/mol. The standard InChI is InChI=1S/C22H23BrN4O3S/c1-14-3-5-18(15(2)11-14)27-21(17-12-16(23)4-6-19(17)28)24-25-22(27)31-13-20(29)26-7-9-30-10-8-26/h3-6,11-12,28H,7-10,13H2,1-2H3. The van der Waals surface area contributed by atoms with Gasteiger partial charge in [-0.2, -0.15) is 0 Å². The van der Waals surface area contributed by atoms with E-state index in [-0.39, 0.29) is 17.4 Å². The van der Waals surface area contributed by atoms with Crippen molar-refractivity contribution in [3.63, 3.8) is 0 Å². The predicted octanol–water partition coefficient (Wildman–Crippen LogP) is 3.97. The Morgan fingerprint density at radius 3 is 2.68 bits per heavy atom. The summed E-state index contributed by atoms with van der Waals surface area (Å²) in [5, 5.41) is 19.8. The van der Waals surface area contributed by atoms with Crippen LogP contribution in [0.25, 0.3) is 17.1 Å². The quantitative estimate of drug-likeness (QED) is 0.531. The Labute approximate surface area is 193 Å². The van der Waals surface area contributed by atoms with Gasteiger partial charge >= 0.3 is 0 Å². The number of benzene rings is 2. The molecule has 1 aromatic heterocycles. The first-order chi connectivity index (χ1) is 14.9. The zero-order chi connectivity index (χ0) is 22.0. The number of hydrogen-bond donors (Lipinski definition) is 1. The molecule has 9 heteroatoms. The van der Waals surface area contributed by atoms with Gasteiger partial charge in [0.2, 0.25) is 5.91 Å². The smallest absolute Gasteiger partial charge is 0.233 e. The number of phenolic OH excluding ortho intramolecular Hbond substituents is 1. The molecule has 7 nitrogen and oxygen atoms in total. The minimum absolute atomic E-state index is 0.0512. The average molecular weight is 503 g/mol. The fraction of sp³-hybridized carbons (Fsp3) is 0.318. The molecule has 0 bridgehead atoms. The van der Waals surface area contributed by atoms with Gasteiger partial charge in [-0.1, -0.05) is 45.4 Å². The van der Waals surface area contributed by atoms with E-state index in [0.29, 0.717) is 42.8 Å². The van der Waals surface area contributed by atoms with Crippen LogP contribution < -0.4 is 0 Å². The maximum atomic E-state index is 12.7. The lowest BCUT2D eigenvalue weighted by molar-refractivity contribution is -0.132. The Bertz CT molecular complexity index is 1110. The highest BCUT2D eigenvalue weighted by atomic mass is 79.9. The Morgan fingerprint density at radius 1 is 1.16 bits per heavy atom. The molecule has 2 heterocycles. The second-order valence-corrected chi connectivity index (χ2v) is 9.23. The lowest BCUT2D eigenvalue weighted by Crippen LogP contribution is -2.41. The molecule has 1 aliphatic rings. The monoisotopic (exact) mass is 502 g/mol. The van der Waals surface area contributed by atoms with Gasteiger partial charge in [0, 0.05) is 17.6 Å². The summed E-state index contributed by atoms with van der Waals surface area (Å²) in [6, 6.07) is 11.3. The molecule has 1 fully saturated rings. The molecule has 0 aliphatic carbocycles. The number of amides is 1. The number of aryl methyl sites for hydroxylation is 2. The van der Waals surface area contributed by atoms with E-state index in [9.17, 15) is 9.90 Å². The molecule has 0 atom stereocenters. The summed E-state index contributed by atoms with van der Waals surface area (Å²) in [5.41, 5.74) is 3.68. The molecule has 0 radical (unpaired) electrons. The van der Waals surface area contributed by atoms with Crippen LogP contribution in [0.1, 0.15) is 11.1 Å². The second kappa shape index (κ2) is 9.42. The zero-order valence-electron chi connectivity index (χ0n) is 17.3. The summed E-state index contributed by atoms with van der Waals surface area (Å²) in [4.78, 5) is 14.5. The molecule has 1 N–H and O–H groups in total. The minimum Gasteiger partial charge on any atom is -0.507 e. The summed E-state index contributed by atoms with van der Waals surface area (Å²) in [6.45, 7) is 6.43. The van der Waals surface area contributed by atoms with Gasteiger partial charge in [-0.25, -0.2) is 0 Å². The van der Waals surface area contributed by atoms with Gasteiger partial charge in [0.05, 0.1) is 30.2 Å². The number of hydrogen-bond acceptors (Lipinski definition) is 6. The topological polar surface area (TPSA) is 80.5 Å². The third-order valence-corrected chi connectivity index (χ3v) is 6.52. The molecule has 4 rings (SSSR count). The molecule has 1 saturated heterocycles. The first-order valence-corrected chi connectivity index (χ1v) is 11.7. The van der Waals surface area contributed by atoms with E-state index in [1.807, 2.05) is 41.5 Å². The number of rotatable bonds is 5. The number of aromatic nitrogens is 3. The molecule has 162 valence electrons. The van der Waals surface area contributed by atoms with Gasteiger partial charge in [-0.05, 0) is 43.7 Å². The second-order valence-electron chi connectivity index (χ2n) is 7.37. The van der Waals surface area contributed by atoms with Crippen LogP contribution in [0.2, 0.25) is 0 Å². The fourth-order valence-corrected chi connectivity index (χ4v) is 4.74. The minimum atomic E-state index is 0.0512. The van der Waals surface area contributed by atoms with Crippen molar-refractivity contribution in [1.82, 2.24) is 19.7 Å². The first-order valence-electron chi connectivity index (χ1n) is 9.94. The SMILES string of the molecule is Cc1ccc(-n2c(SCC(=O)N3CCOCC3)nnc2-c2cc(Br)ccc2O)c(C)c1. The van der Waals surface area contributed by atoms with Crippen LogP contribution >= 0.6 is 27.7 Å². The summed E-state index contributed by atoms with van der Waals surface area (Å²) < 4.78 is 8.07. The van der Waals surface area contributed by atoms with E-state index >= 15 is 0 Å². The predicted molar refractivity (Wildman–Crippen MR) is 124 cm³/mol. The van der Waals surface area contributed by atoms with E-state index in [1.54, 1.807) is 12.1 Å². The van der Waals surface area contributed by atoms with Crippen molar-refractivity contribution in [2.75, 3.05) is 32.1 Å². The Kier molecular flexibility index (Phi) is 6.64. The van der Waals surface area contributed by atoms with Crippen molar-refractivity contribution in [2.45, 2.75) is 19.0 Å². The summed E-state index contributed by atoms with van der Waals surface area (Å²) in [6.07, 6.45) is 0. The fourth-order valence-electron chi connectivity index (χ4n) is 3.53. The number of halogens is 1. The maximum absolute atomic E-state index is 12.7. The van der Waals surface area contributed by atoms with Crippen LogP contribution in [0.5, 0.6) is 5.75 Å². The molecule has 3 aromatic rings. The molecule has 0 spiro atoms. The van der Waals surface area contributed by atoms with Crippen LogP contribution in [-0.2, 0) is 9.53 Å². The van der Waals surface area contributed by atoms with Crippen LogP contribution in [0, 0.1) is 13.8 Å². The highest BCUT2D eigenvalue weighted by Gasteiger charge is 2.23. The van der Waals surface area contributed by atoms with E-state index in [4.69, 9.17) is 4.74 Å². The number of aromatic hydroxyl groups is 1. The van der Waals surface area contributed by atoms with Crippen LogP contribution in [0.15, 0.2) is 46.0 Å². The highest BCUT2D eigenvalue weighted by molar-refractivity contribution is 9.10. The van der Waals surface area contributed by atoms with E-state index in [2.05, 4.69) is 32.2 Å². The van der Waals surface area contributed by atoms with Gasteiger partial charge in [-0.3, -0.25) is 9.36 Å². The lowest BCUT2D eigenvalue weighted by atomic mass is 10.1. The van der Waals surface area contributed by atoms with Crippen LogP contribution in [0.4, 0.5) is 0 Å². The number of phenols is 1. The van der Waals surface area contributed by atoms with E-state index in [1.165, 1.54) is 11.8 Å². The number of morpholine rings is 1. The molecule has 1 amide bonds. The first kappa shape index (κ1) is 21.9. The van der Waals surface area contributed by atoms with Crippen LogP contribution in [0.3, 0.4) is 0 Å². The number of nitrogens with zero attached hydrogens (tertiary/aromatic N) is 4. The van der Waals surface area contributed by atoms with Crippen LogP contribution in [-0.4, -0.2) is 62.7 Å². The van der Waals surface area contributed by atoms with Crippen molar-refractivity contribution >= 4 is 33.6 Å². The van der Waals surface area contributed by atoms with Gasteiger partial charge < -0.3 is 14.7 Å². The molecular formula is C22H23BrN4O3S. The highest BCUT2D eigenvalue weighted by Crippen LogP contribution is 2.35. The third-order valence-electron chi connectivity index (χ3n) is 5.11. The summed E-state index contributed by atoms with van der Waals surface area (Å²) in [7, 11) is 0. The van der Waals surface area contributed by atoms with Gasteiger partial charge in [-0.15, -0.1) is 10.2 Å². The summed E-state index contributed by atoms with van der Waals surface area (Å²) in [5.74, 6) is 0.943. The van der Waals surface area contributed by atoms with E-state index < -0.39 is 0 Å². The van der Waals surface area contributed by atoms with Crippen molar-refractivity contribution in [1.29, 1.82) is 0 Å². The molecule has 1 aliphatic heterocycles. The third kappa shape index (κ3) is 4.78. The number of thioether (sulfide) groups is 1. The van der Waals surface area contributed by atoms with Crippen molar-refractivity contribution in [3.8, 4) is 22.8 Å². The van der Waals surface area contributed by atoms with Crippen molar-refractivity contribution in [2.24, 2.45) is 0 Å². The number of carbonyl (C=O) groups excluding carboxylic acids is 1. The largest absolute Gasteiger partial charge is 0.507 e. The average Bonchev–Trinajstić information content (AvgIpc) is 3.17. The lowest BCUT2D eigenvalue weighted by Gasteiger charge is -2.26.